The van der Waals surface area contributed by atoms with Crippen molar-refractivity contribution in [2.75, 3.05) is 18.9 Å². The van der Waals surface area contributed by atoms with Gasteiger partial charge in [0.2, 0.25) is 12.4 Å². The molecule has 138 valence electrons. The number of hydrogen-bond acceptors (Lipinski definition) is 5. The van der Waals surface area contributed by atoms with Crippen LogP contribution in [-0.4, -0.2) is 45.4 Å². The van der Waals surface area contributed by atoms with Crippen molar-refractivity contribution >= 4 is 11.5 Å². The highest BCUT2D eigenvalue weighted by Gasteiger charge is 2.49. The summed E-state index contributed by atoms with van der Waals surface area (Å²) in [6.45, 7) is 1.37. The third-order valence-electron chi connectivity index (χ3n) is 4.80. The van der Waals surface area contributed by atoms with E-state index in [4.69, 9.17) is 15.6 Å². The van der Waals surface area contributed by atoms with Crippen molar-refractivity contribution < 1.29 is 23.0 Å². The number of alkyl halides is 2. The van der Waals surface area contributed by atoms with Crippen molar-refractivity contribution in [1.82, 2.24) is 14.6 Å². The van der Waals surface area contributed by atoms with E-state index in [1.807, 2.05) is 0 Å². The first-order valence-corrected chi connectivity index (χ1v) is 8.28. The molecule has 1 atom stereocenters. The lowest BCUT2D eigenvalue weighted by atomic mass is 9.67. The number of nitrogens with two attached hydrogens (primary N) is 1. The molecule has 2 aromatic rings. The van der Waals surface area contributed by atoms with Crippen LogP contribution in [0.5, 0.6) is 0 Å². The molecule has 2 aromatic heterocycles. The molecule has 0 amide bonds. The van der Waals surface area contributed by atoms with Gasteiger partial charge in [-0.1, -0.05) is 6.42 Å². The first kappa shape index (κ1) is 17.9. The van der Waals surface area contributed by atoms with E-state index in [1.165, 1.54) is 6.20 Å². The van der Waals surface area contributed by atoms with Gasteiger partial charge in [0.05, 0.1) is 30.0 Å². The molecule has 1 saturated carbocycles. The number of ether oxygens (including phenoxy) is 1. The molecular formula is C16H21F3N4O2. The molecule has 1 aliphatic heterocycles. The summed E-state index contributed by atoms with van der Waals surface area (Å²) in [7, 11) is 0. The Bertz CT molecular complexity index is 727. The van der Waals surface area contributed by atoms with Crippen LogP contribution in [0.2, 0.25) is 0 Å². The summed E-state index contributed by atoms with van der Waals surface area (Å²) in [5.41, 5.74) is 4.39. The zero-order chi connectivity index (χ0) is 18.0. The Labute approximate surface area is 142 Å². The second-order valence-electron chi connectivity index (χ2n) is 6.47. The highest BCUT2D eigenvalue weighted by molar-refractivity contribution is 5.51. The van der Waals surface area contributed by atoms with Crippen LogP contribution >= 0.6 is 0 Å². The van der Waals surface area contributed by atoms with Gasteiger partial charge < -0.3 is 15.6 Å². The molecule has 3 heterocycles. The van der Waals surface area contributed by atoms with Gasteiger partial charge in [-0.05, 0) is 31.7 Å². The highest BCUT2D eigenvalue weighted by atomic mass is 19.3. The Morgan fingerprint density at radius 1 is 1.36 bits per heavy atom. The first-order chi connectivity index (χ1) is 11.9. The lowest BCUT2D eigenvalue weighted by molar-refractivity contribution is -0.00535. The highest BCUT2D eigenvalue weighted by Crippen LogP contribution is 2.48. The predicted molar refractivity (Wildman–Crippen MR) is 85.0 cm³/mol. The molecule has 6 nitrogen and oxygen atoms in total. The quantitative estimate of drug-likeness (QED) is 0.860. The minimum Gasteiger partial charge on any atom is -0.391 e. The maximum Gasteiger partial charge on any atom is 0.249 e. The summed E-state index contributed by atoms with van der Waals surface area (Å²) in [6, 6.07) is 1.12. The number of aromatic nitrogens is 3. The van der Waals surface area contributed by atoms with Gasteiger partial charge in [-0.3, -0.25) is 0 Å². The van der Waals surface area contributed by atoms with Crippen molar-refractivity contribution in [2.45, 2.75) is 50.0 Å². The summed E-state index contributed by atoms with van der Waals surface area (Å²) in [5.74, 6) is -0.667. The molecule has 1 aliphatic carbocycles. The minimum absolute atomic E-state index is 0.0666. The maximum absolute atomic E-state index is 13.7. The normalized spacial score (nSPS) is 22.4. The van der Waals surface area contributed by atoms with Gasteiger partial charge in [0.1, 0.15) is 5.52 Å². The van der Waals surface area contributed by atoms with E-state index in [0.29, 0.717) is 25.9 Å². The number of nitrogen functional groups attached to an aromatic ring is 1. The van der Waals surface area contributed by atoms with E-state index in [2.05, 4.69) is 10.1 Å². The SMILES string of the molecule is Nc1ncc2c(F)cc(C3(C(F)F)CCC3)n2n1.OC1CCCOC1. The molecule has 4 rings (SSSR count). The van der Waals surface area contributed by atoms with E-state index in [9.17, 15) is 13.2 Å². The molecule has 1 saturated heterocycles. The van der Waals surface area contributed by atoms with E-state index in [0.717, 1.165) is 30.0 Å². The fourth-order valence-electron chi connectivity index (χ4n) is 3.19. The Morgan fingerprint density at radius 3 is 2.60 bits per heavy atom. The second kappa shape index (κ2) is 7.17. The first-order valence-electron chi connectivity index (χ1n) is 8.28. The van der Waals surface area contributed by atoms with Crippen molar-refractivity contribution in [3.05, 3.63) is 23.8 Å². The van der Waals surface area contributed by atoms with Gasteiger partial charge >= 0.3 is 0 Å². The van der Waals surface area contributed by atoms with Crippen LogP contribution in [0.25, 0.3) is 5.52 Å². The van der Waals surface area contributed by atoms with Crippen LogP contribution in [0.3, 0.4) is 0 Å². The number of anilines is 1. The van der Waals surface area contributed by atoms with Gasteiger partial charge in [0.25, 0.3) is 0 Å². The number of aliphatic hydroxyl groups excluding tert-OH is 1. The number of nitrogens with zero attached hydrogens (tertiary/aromatic N) is 3. The van der Waals surface area contributed by atoms with Crippen LogP contribution in [0.4, 0.5) is 19.1 Å². The van der Waals surface area contributed by atoms with Gasteiger partial charge in [-0.15, -0.1) is 5.10 Å². The zero-order valence-corrected chi connectivity index (χ0v) is 13.7. The van der Waals surface area contributed by atoms with Crippen LogP contribution in [-0.2, 0) is 10.2 Å². The monoisotopic (exact) mass is 358 g/mol. The summed E-state index contributed by atoms with van der Waals surface area (Å²) in [4.78, 5) is 3.67. The fourth-order valence-corrected chi connectivity index (χ4v) is 3.19. The molecule has 3 N–H and O–H groups in total. The summed E-state index contributed by atoms with van der Waals surface area (Å²) in [6.07, 6.45) is 1.79. The van der Waals surface area contributed by atoms with Crippen molar-refractivity contribution in [1.29, 1.82) is 0 Å². The molecule has 1 unspecified atom stereocenters. The van der Waals surface area contributed by atoms with E-state index in [-0.39, 0.29) is 23.3 Å². The van der Waals surface area contributed by atoms with Gasteiger partial charge in [0.15, 0.2) is 5.82 Å². The van der Waals surface area contributed by atoms with Gasteiger partial charge in [-0.2, -0.15) is 0 Å². The molecule has 2 aliphatic rings. The number of rotatable bonds is 2. The topological polar surface area (TPSA) is 85.7 Å². The number of aliphatic hydroxyl groups is 1. The van der Waals surface area contributed by atoms with Gasteiger partial charge in [0, 0.05) is 6.61 Å². The van der Waals surface area contributed by atoms with E-state index < -0.39 is 17.7 Å². The largest absolute Gasteiger partial charge is 0.391 e. The molecule has 25 heavy (non-hydrogen) atoms. The number of hydrogen-bond donors (Lipinski definition) is 2. The minimum atomic E-state index is -2.54. The summed E-state index contributed by atoms with van der Waals surface area (Å²) < 4.78 is 46.3. The van der Waals surface area contributed by atoms with Crippen LogP contribution in [0.15, 0.2) is 12.3 Å². The van der Waals surface area contributed by atoms with E-state index >= 15 is 0 Å². The Hall–Kier alpha value is -1.87. The molecule has 0 radical (unpaired) electrons. The number of fused-ring (bicyclic) bond motifs is 1. The van der Waals surface area contributed by atoms with Crippen LogP contribution in [0, 0.1) is 5.82 Å². The molecule has 0 aromatic carbocycles. The molecule has 2 fully saturated rings. The van der Waals surface area contributed by atoms with Crippen molar-refractivity contribution in [3.8, 4) is 0 Å². The average Bonchev–Trinajstić information content (AvgIpc) is 2.84. The van der Waals surface area contributed by atoms with Crippen LogP contribution in [0.1, 0.15) is 37.8 Å². The predicted octanol–water partition coefficient (Wildman–Crippen LogP) is 2.30. The van der Waals surface area contributed by atoms with Crippen LogP contribution < -0.4 is 5.73 Å². The lowest BCUT2D eigenvalue weighted by Gasteiger charge is -2.40. The Kier molecular flexibility index (Phi) is 5.14. The third-order valence-corrected chi connectivity index (χ3v) is 4.80. The molecule has 9 heteroatoms. The molecule has 0 bridgehead atoms. The smallest absolute Gasteiger partial charge is 0.249 e. The summed E-state index contributed by atoms with van der Waals surface area (Å²) in [5, 5.41) is 12.6. The standard InChI is InChI=1S/C11H11F3N4.C5H10O2/c12-6-4-8(11(9(13)14)2-1-3-11)18-7(6)5-16-10(15)17-18;6-5-2-1-3-7-4-5/h4-5,9H,1-3H2,(H2,15,17);5-6H,1-4H2. The lowest BCUT2D eigenvalue weighted by Crippen LogP contribution is -2.42. The van der Waals surface area contributed by atoms with E-state index in [1.54, 1.807) is 0 Å². The second-order valence-corrected chi connectivity index (χ2v) is 6.47. The Morgan fingerprint density at radius 2 is 2.12 bits per heavy atom. The number of halogens is 3. The van der Waals surface area contributed by atoms with Gasteiger partial charge in [-0.25, -0.2) is 22.7 Å². The average molecular weight is 358 g/mol. The molecular weight excluding hydrogens is 337 g/mol. The van der Waals surface area contributed by atoms with Crippen molar-refractivity contribution in [3.63, 3.8) is 0 Å². The Balaban J connectivity index is 0.000000219. The zero-order valence-electron chi connectivity index (χ0n) is 13.7. The summed E-state index contributed by atoms with van der Waals surface area (Å²) >= 11 is 0. The molecule has 0 spiro atoms. The third kappa shape index (κ3) is 3.43. The van der Waals surface area contributed by atoms with Crippen molar-refractivity contribution in [2.24, 2.45) is 0 Å². The fraction of sp³-hybridized carbons (Fsp3) is 0.625. The maximum atomic E-state index is 13.7.